The molecule has 6 atom stereocenters. The van der Waals surface area contributed by atoms with E-state index in [0.29, 0.717) is 6.61 Å². The maximum absolute atomic E-state index is 5.66. The van der Waals surface area contributed by atoms with Gasteiger partial charge in [-0.1, -0.05) is 13.2 Å². The third-order valence-corrected chi connectivity index (χ3v) is 2.93. The molecule has 5 heteroatoms. The summed E-state index contributed by atoms with van der Waals surface area (Å²) in [7, 11) is 0. The zero-order valence-corrected chi connectivity index (χ0v) is 8.78. The number of hydrogen-bond donors (Lipinski definition) is 0. The van der Waals surface area contributed by atoms with Gasteiger partial charge in [0.2, 0.25) is 0 Å². The normalized spacial score (nSPS) is 50.8. The fourth-order valence-corrected chi connectivity index (χ4v) is 2.18. The Kier molecular flexibility index (Phi) is 2.57. The summed E-state index contributed by atoms with van der Waals surface area (Å²) >= 11 is 0. The van der Waals surface area contributed by atoms with Gasteiger partial charge in [-0.15, -0.1) is 0 Å². The second-order valence-corrected chi connectivity index (χ2v) is 3.92. The summed E-state index contributed by atoms with van der Waals surface area (Å²) in [5.41, 5.74) is 0. The second-order valence-electron chi connectivity index (χ2n) is 3.92. The molecule has 3 heterocycles. The Balaban J connectivity index is 1.72. The van der Waals surface area contributed by atoms with Crippen molar-refractivity contribution in [2.75, 3.05) is 6.61 Å². The molecule has 0 aromatic rings. The van der Waals surface area contributed by atoms with E-state index in [0.717, 1.165) is 0 Å². The Hall–Kier alpha value is -0.720. The summed E-state index contributed by atoms with van der Waals surface area (Å²) in [5, 5.41) is 0. The fourth-order valence-electron chi connectivity index (χ4n) is 2.18. The predicted octanol–water partition coefficient (Wildman–Crippen LogP) is 0.566. The van der Waals surface area contributed by atoms with E-state index in [4.69, 9.17) is 23.7 Å². The minimum Gasteiger partial charge on any atom is -0.346 e. The van der Waals surface area contributed by atoms with Crippen LogP contribution in [0.1, 0.15) is 0 Å². The van der Waals surface area contributed by atoms with E-state index in [9.17, 15) is 0 Å². The molecule has 0 saturated carbocycles. The van der Waals surface area contributed by atoms with E-state index in [1.54, 1.807) is 12.2 Å². The van der Waals surface area contributed by atoms with Crippen molar-refractivity contribution in [2.24, 2.45) is 0 Å². The number of ether oxygens (including phenoxy) is 5. The maximum atomic E-state index is 5.66. The summed E-state index contributed by atoms with van der Waals surface area (Å²) in [6, 6.07) is 0. The molecule has 0 aromatic heterocycles. The van der Waals surface area contributed by atoms with Crippen molar-refractivity contribution in [1.82, 2.24) is 0 Å². The van der Waals surface area contributed by atoms with Crippen LogP contribution in [-0.4, -0.2) is 43.8 Å². The van der Waals surface area contributed by atoms with Gasteiger partial charge in [0.25, 0.3) is 0 Å². The highest BCUT2D eigenvalue weighted by molar-refractivity contribution is 4.97. The minimum atomic E-state index is -0.412. The molecule has 88 valence electrons. The monoisotopic (exact) mass is 226 g/mol. The molecule has 5 nitrogen and oxygen atoms in total. The topological polar surface area (TPSA) is 46.2 Å². The lowest BCUT2D eigenvalue weighted by atomic mass is 10.1. The van der Waals surface area contributed by atoms with Gasteiger partial charge in [-0.2, -0.15) is 0 Å². The molecule has 3 aliphatic heterocycles. The van der Waals surface area contributed by atoms with Crippen molar-refractivity contribution in [3.63, 3.8) is 0 Å². The Morgan fingerprint density at radius 2 is 1.62 bits per heavy atom. The lowest BCUT2D eigenvalue weighted by molar-refractivity contribution is -0.249. The third kappa shape index (κ3) is 1.52. The first-order valence-corrected chi connectivity index (χ1v) is 5.30. The van der Waals surface area contributed by atoms with Crippen molar-refractivity contribution in [1.29, 1.82) is 0 Å². The predicted molar refractivity (Wildman–Crippen MR) is 53.4 cm³/mol. The summed E-state index contributed by atoms with van der Waals surface area (Å²) in [4.78, 5) is 0. The first-order valence-electron chi connectivity index (χ1n) is 5.30. The van der Waals surface area contributed by atoms with Gasteiger partial charge in [-0.25, -0.2) is 0 Å². The van der Waals surface area contributed by atoms with Crippen LogP contribution < -0.4 is 0 Å². The van der Waals surface area contributed by atoms with E-state index in [2.05, 4.69) is 13.2 Å². The van der Waals surface area contributed by atoms with Crippen molar-refractivity contribution in [3.8, 4) is 0 Å². The molecule has 0 N–H and O–H groups in total. The van der Waals surface area contributed by atoms with Crippen LogP contribution in [0.3, 0.4) is 0 Å². The third-order valence-electron chi connectivity index (χ3n) is 2.93. The summed E-state index contributed by atoms with van der Waals surface area (Å²) < 4.78 is 27.7. The standard InChI is InChI=1S/C11H14O5/c1-3-7-12-5-6-9(14-7)10-11(13-6)16-8(4-2)15-10/h3-4,6-11H,1-2,5H2. The number of rotatable bonds is 2. The van der Waals surface area contributed by atoms with Gasteiger partial charge in [0, 0.05) is 0 Å². The van der Waals surface area contributed by atoms with Gasteiger partial charge in [-0.3, -0.25) is 0 Å². The molecule has 0 amide bonds. The van der Waals surface area contributed by atoms with Gasteiger partial charge < -0.3 is 23.7 Å². The summed E-state index contributed by atoms with van der Waals surface area (Å²) in [6.45, 7) is 7.73. The highest BCUT2D eigenvalue weighted by Crippen LogP contribution is 2.37. The molecule has 0 bridgehead atoms. The first kappa shape index (κ1) is 10.4. The molecule has 0 aromatic carbocycles. The highest BCUT2D eigenvalue weighted by atomic mass is 16.8. The molecule has 6 unspecified atom stereocenters. The Bertz CT molecular complexity index is 305. The van der Waals surface area contributed by atoms with Gasteiger partial charge in [0.1, 0.15) is 18.3 Å². The van der Waals surface area contributed by atoms with Gasteiger partial charge >= 0.3 is 0 Å². The van der Waals surface area contributed by atoms with Crippen LogP contribution in [0.15, 0.2) is 25.3 Å². The van der Waals surface area contributed by atoms with Crippen molar-refractivity contribution >= 4 is 0 Å². The highest BCUT2D eigenvalue weighted by Gasteiger charge is 2.54. The van der Waals surface area contributed by atoms with Crippen LogP contribution in [0.5, 0.6) is 0 Å². The van der Waals surface area contributed by atoms with Crippen LogP contribution in [0.25, 0.3) is 0 Å². The Labute approximate surface area is 93.6 Å². The van der Waals surface area contributed by atoms with Crippen LogP contribution >= 0.6 is 0 Å². The van der Waals surface area contributed by atoms with E-state index in [-0.39, 0.29) is 24.6 Å². The molecule has 3 fully saturated rings. The smallest absolute Gasteiger partial charge is 0.190 e. The molecular weight excluding hydrogens is 212 g/mol. The quantitative estimate of drug-likeness (QED) is 0.644. The average Bonchev–Trinajstić information content (AvgIpc) is 2.85. The largest absolute Gasteiger partial charge is 0.346 e. The Morgan fingerprint density at radius 1 is 0.875 bits per heavy atom. The van der Waals surface area contributed by atoms with Crippen LogP contribution in [0.2, 0.25) is 0 Å². The van der Waals surface area contributed by atoms with Crippen molar-refractivity contribution < 1.29 is 23.7 Å². The van der Waals surface area contributed by atoms with Crippen molar-refractivity contribution in [2.45, 2.75) is 37.2 Å². The molecule has 0 aliphatic carbocycles. The van der Waals surface area contributed by atoms with Gasteiger partial charge in [0.05, 0.1) is 6.61 Å². The van der Waals surface area contributed by atoms with Gasteiger partial charge in [0.15, 0.2) is 18.9 Å². The lowest BCUT2D eigenvalue weighted by Crippen LogP contribution is -2.45. The van der Waals surface area contributed by atoms with Crippen LogP contribution in [0, 0.1) is 0 Å². The number of fused-ring (bicyclic) bond motifs is 3. The molecule has 3 rings (SSSR count). The SMILES string of the molecule is C=CC1OCC2OC3OC(C=C)OC3C2O1. The zero-order valence-electron chi connectivity index (χ0n) is 8.78. The fraction of sp³-hybridized carbons (Fsp3) is 0.636. The minimum absolute atomic E-state index is 0.128. The van der Waals surface area contributed by atoms with Crippen LogP contribution in [0.4, 0.5) is 0 Å². The molecular formula is C11H14O5. The molecule has 3 aliphatic rings. The Morgan fingerprint density at radius 3 is 2.38 bits per heavy atom. The van der Waals surface area contributed by atoms with Crippen molar-refractivity contribution in [3.05, 3.63) is 25.3 Å². The van der Waals surface area contributed by atoms with E-state index in [1.807, 2.05) is 0 Å². The zero-order chi connectivity index (χ0) is 11.1. The molecule has 16 heavy (non-hydrogen) atoms. The molecule has 3 saturated heterocycles. The molecule has 0 spiro atoms. The van der Waals surface area contributed by atoms with E-state index < -0.39 is 12.6 Å². The van der Waals surface area contributed by atoms with Crippen LogP contribution in [-0.2, 0) is 23.7 Å². The first-order chi connectivity index (χ1) is 7.81. The summed E-state index contributed by atoms with van der Waals surface area (Å²) in [6.07, 6.45) is 1.53. The maximum Gasteiger partial charge on any atom is 0.190 e. The van der Waals surface area contributed by atoms with Gasteiger partial charge in [-0.05, 0) is 12.2 Å². The molecule has 0 radical (unpaired) electrons. The summed E-state index contributed by atoms with van der Waals surface area (Å²) in [5.74, 6) is 0. The van der Waals surface area contributed by atoms with E-state index in [1.165, 1.54) is 0 Å². The average molecular weight is 226 g/mol. The van der Waals surface area contributed by atoms with E-state index >= 15 is 0 Å². The lowest BCUT2D eigenvalue weighted by Gasteiger charge is -2.31. The second kappa shape index (κ2) is 3.94. The number of hydrogen-bond acceptors (Lipinski definition) is 5.